The van der Waals surface area contributed by atoms with Gasteiger partial charge in [0.1, 0.15) is 6.61 Å². The molecule has 0 bridgehead atoms. The summed E-state index contributed by atoms with van der Waals surface area (Å²) in [7, 11) is 0. The van der Waals surface area contributed by atoms with Gasteiger partial charge in [-0.25, -0.2) is 4.79 Å². The number of carbonyl (C=O) groups is 1. The van der Waals surface area contributed by atoms with Crippen LogP contribution in [-0.4, -0.2) is 11.1 Å². The van der Waals surface area contributed by atoms with E-state index in [0.717, 1.165) is 35.5 Å². The fraction of sp³-hybridized carbons (Fsp3) is 0.227. The highest BCUT2D eigenvalue weighted by Gasteiger charge is 2.11. The Kier molecular flexibility index (Phi) is 6.08. The van der Waals surface area contributed by atoms with Crippen LogP contribution < -0.4 is 4.74 Å². The lowest BCUT2D eigenvalue weighted by atomic mass is 10.0. The van der Waals surface area contributed by atoms with E-state index in [1.807, 2.05) is 30.3 Å². The van der Waals surface area contributed by atoms with Crippen molar-refractivity contribution in [2.24, 2.45) is 0 Å². The summed E-state index contributed by atoms with van der Waals surface area (Å²) in [5.74, 6) is -0.862. The molecule has 0 aliphatic rings. The zero-order valence-electron chi connectivity index (χ0n) is 14.8. The number of hydrogen-bond acceptors (Lipinski definition) is 3. The fourth-order valence-electron chi connectivity index (χ4n) is 2.98. The van der Waals surface area contributed by atoms with Gasteiger partial charge in [0.15, 0.2) is 5.06 Å². The van der Waals surface area contributed by atoms with E-state index in [-0.39, 0.29) is 0 Å². The summed E-state index contributed by atoms with van der Waals surface area (Å²) in [6.45, 7) is 2.65. The molecule has 0 saturated heterocycles. The number of ether oxygens (including phenoxy) is 1. The third-order valence-corrected chi connectivity index (χ3v) is 5.25. The number of aryl methyl sites for hydroxylation is 3. The predicted molar refractivity (Wildman–Crippen MR) is 105 cm³/mol. The Labute approximate surface area is 157 Å². The molecule has 2 aromatic carbocycles. The van der Waals surface area contributed by atoms with Crippen LogP contribution in [0.25, 0.3) is 0 Å². The number of benzene rings is 2. The van der Waals surface area contributed by atoms with Gasteiger partial charge in [-0.15, -0.1) is 11.3 Å². The Morgan fingerprint density at radius 1 is 1.00 bits per heavy atom. The first-order valence-electron chi connectivity index (χ1n) is 8.70. The van der Waals surface area contributed by atoms with Crippen LogP contribution >= 0.6 is 11.3 Å². The van der Waals surface area contributed by atoms with Crippen molar-refractivity contribution < 1.29 is 14.6 Å². The van der Waals surface area contributed by atoms with Crippen LogP contribution in [0.4, 0.5) is 0 Å². The SMILES string of the molecule is Cc1cc(CCCc2ccccc2C(=O)O)c(OCc2ccccc2)s1. The van der Waals surface area contributed by atoms with Crippen LogP contribution in [0, 0.1) is 6.92 Å². The Balaban J connectivity index is 1.61. The third-order valence-electron chi connectivity index (χ3n) is 4.25. The van der Waals surface area contributed by atoms with Crippen molar-refractivity contribution in [3.8, 4) is 5.06 Å². The Bertz CT molecular complexity index is 868. The lowest BCUT2D eigenvalue weighted by molar-refractivity contribution is 0.0695. The summed E-state index contributed by atoms with van der Waals surface area (Å²) < 4.78 is 6.03. The predicted octanol–water partition coefficient (Wildman–Crippen LogP) is 5.51. The minimum absolute atomic E-state index is 0.398. The molecule has 134 valence electrons. The number of carboxylic acid groups (broad SMARTS) is 1. The van der Waals surface area contributed by atoms with Gasteiger partial charge in [0.05, 0.1) is 5.56 Å². The van der Waals surface area contributed by atoms with Gasteiger partial charge < -0.3 is 9.84 Å². The molecule has 1 N–H and O–H groups in total. The quantitative estimate of drug-likeness (QED) is 0.572. The van der Waals surface area contributed by atoms with E-state index in [1.165, 1.54) is 10.4 Å². The van der Waals surface area contributed by atoms with Gasteiger partial charge in [0.25, 0.3) is 0 Å². The first kappa shape index (κ1) is 18.2. The van der Waals surface area contributed by atoms with E-state index >= 15 is 0 Å². The van der Waals surface area contributed by atoms with Crippen molar-refractivity contribution in [3.63, 3.8) is 0 Å². The molecule has 0 spiro atoms. The lowest BCUT2D eigenvalue weighted by Crippen LogP contribution is -2.03. The molecular formula is C22H22O3S. The number of rotatable bonds is 8. The van der Waals surface area contributed by atoms with Gasteiger partial charge >= 0.3 is 5.97 Å². The minimum Gasteiger partial charge on any atom is -0.479 e. The normalized spacial score (nSPS) is 10.7. The summed E-state index contributed by atoms with van der Waals surface area (Å²) >= 11 is 1.67. The molecule has 3 aromatic rings. The molecule has 1 aromatic heterocycles. The summed E-state index contributed by atoms with van der Waals surface area (Å²) in [6, 6.07) is 19.5. The van der Waals surface area contributed by atoms with E-state index in [9.17, 15) is 9.90 Å². The lowest BCUT2D eigenvalue weighted by Gasteiger charge is -2.08. The van der Waals surface area contributed by atoms with Gasteiger partial charge in [-0.05, 0) is 49.4 Å². The minimum atomic E-state index is -0.862. The maximum Gasteiger partial charge on any atom is 0.335 e. The topological polar surface area (TPSA) is 46.5 Å². The molecule has 0 atom stereocenters. The molecule has 0 saturated carbocycles. The molecule has 1 heterocycles. The molecule has 0 amide bonds. The first-order chi connectivity index (χ1) is 12.6. The van der Waals surface area contributed by atoms with E-state index in [4.69, 9.17) is 4.74 Å². The van der Waals surface area contributed by atoms with Crippen molar-refractivity contribution in [2.45, 2.75) is 32.8 Å². The zero-order valence-corrected chi connectivity index (χ0v) is 15.6. The number of aromatic carboxylic acids is 1. The second-order valence-corrected chi connectivity index (χ2v) is 7.48. The smallest absolute Gasteiger partial charge is 0.335 e. The summed E-state index contributed by atoms with van der Waals surface area (Å²) in [6.07, 6.45) is 2.51. The molecule has 0 unspecified atom stereocenters. The summed E-state index contributed by atoms with van der Waals surface area (Å²) in [5, 5.41) is 10.3. The molecular weight excluding hydrogens is 344 g/mol. The second kappa shape index (κ2) is 8.68. The Hall–Kier alpha value is -2.59. The standard InChI is InChI=1S/C22H22O3S/c1-16-14-19(22(26-16)25-15-17-8-3-2-4-9-17)12-7-11-18-10-5-6-13-20(18)21(23)24/h2-6,8-10,13-14H,7,11-12,15H2,1H3,(H,23,24). The summed E-state index contributed by atoms with van der Waals surface area (Å²) in [5.41, 5.74) is 3.64. The van der Waals surface area contributed by atoms with Crippen LogP contribution in [0.1, 0.15) is 38.3 Å². The molecule has 3 nitrogen and oxygen atoms in total. The van der Waals surface area contributed by atoms with Crippen LogP contribution in [0.3, 0.4) is 0 Å². The maximum absolute atomic E-state index is 11.3. The number of thiophene rings is 1. The van der Waals surface area contributed by atoms with Crippen molar-refractivity contribution in [2.75, 3.05) is 0 Å². The van der Waals surface area contributed by atoms with E-state index in [2.05, 4.69) is 25.1 Å². The van der Waals surface area contributed by atoms with Crippen LogP contribution in [-0.2, 0) is 19.4 Å². The van der Waals surface area contributed by atoms with Crippen molar-refractivity contribution in [1.82, 2.24) is 0 Å². The number of hydrogen-bond donors (Lipinski definition) is 1. The van der Waals surface area contributed by atoms with Gasteiger partial charge in [-0.1, -0.05) is 48.5 Å². The average Bonchev–Trinajstić information content (AvgIpc) is 3.01. The molecule has 0 aliphatic heterocycles. The third kappa shape index (κ3) is 4.73. The van der Waals surface area contributed by atoms with Crippen LogP contribution in [0.5, 0.6) is 5.06 Å². The second-order valence-electron chi connectivity index (χ2n) is 6.26. The first-order valence-corrected chi connectivity index (χ1v) is 9.52. The molecule has 0 aliphatic carbocycles. The van der Waals surface area contributed by atoms with Gasteiger partial charge in [0, 0.05) is 10.4 Å². The largest absolute Gasteiger partial charge is 0.479 e. The monoisotopic (exact) mass is 366 g/mol. The Morgan fingerprint density at radius 3 is 2.46 bits per heavy atom. The van der Waals surface area contributed by atoms with Gasteiger partial charge in [0.2, 0.25) is 0 Å². The molecule has 0 radical (unpaired) electrons. The molecule has 26 heavy (non-hydrogen) atoms. The van der Waals surface area contributed by atoms with Gasteiger partial charge in [-0.2, -0.15) is 0 Å². The van der Waals surface area contributed by atoms with Crippen LogP contribution in [0.15, 0.2) is 60.7 Å². The maximum atomic E-state index is 11.3. The number of carboxylic acids is 1. The van der Waals surface area contributed by atoms with Crippen molar-refractivity contribution in [1.29, 1.82) is 0 Å². The van der Waals surface area contributed by atoms with Crippen LogP contribution in [0.2, 0.25) is 0 Å². The van der Waals surface area contributed by atoms with E-state index in [0.29, 0.717) is 12.2 Å². The highest BCUT2D eigenvalue weighted by Crippen LogP contribution is 2.32. The highest BCUT2D eigenvalue weighted by atomic mass is 32.1. The average molecular weight is 366 g/mol. The molecule has 4 heteroatoms. The molecule has 0 fully saturated rings. The Morgan fingerprint density at radius 2 is 1.69 bits per heavy atom. The van der Waals surface area contributed by atoms with Gasteiger partial charge in [-0.3, -0.25) is 0 Å². The van der Waals surface area contributed by atoms with E-state index < -0.39 is 5.97 Å². The highest BCUT2D eigenvalue weighted by molar-refractivity contribution is 7.13. The van der Waals surface area contributed by atoms with Crippen molar-refractivity contribution >= 4 is 17.3 Å². The van der Waals surface area contributed by atoms with E-state index in [1.54, 1.807) is 23.5 Å². The fourth-order valence-corrected chi connectivity index (χ4v) is 3.88. The molecule has 3 rings (SSSR count). The summed E-state index contributed by atoms with van der Waals surface area (Å²) in [4.78, 5) is 12.5. The van der Waals surface area contributed by atoms with Crippen molar-refractivity contribution in [3.05, 3.63) is 87.8 Å². The zero-order chi connectivity index (χ0) is 18.4.